The summed E-state index contributed by atoms with van der Waals surface area (Å²) in [5.74, 6) is 1.02. The van der Waals surface area contributed by atoms with Crippen molar-refractivity contribution in [1.82, 2.24) is 4.90 Å². The van der Waals surface area contributed by atoms with Crippen molar-refractivity contribution in [3.8, 4) is 5.75 Å². The van der Waals surface area contributed by atoms with E-state index in [0.29, 0.717) is 13.0 Å². The highest BCUT2D eigenvalue weighted by Crippen LogP contribution is 2.28. The van der Waals surface area contributed by atoms with Gasteiger partial charge in [0.05, 0.1) is 25.2 Å². The maximum absolute atomic E-state index is 12.4. The SMILES string of the molecule is O=C(CCOc1ccccc1)N1CCCC1C1CCCO1. The van der Waals surface area contributed by atoms with Crippen molar-refractivity contribution < 1.29 is 14.3 Å². The zero-order valence-corrected chi connectivity index (χ0v) is 12.4. The van der Waals surface area contributed by atoms with Crippen molar-refractivity contribution in [3.63, 3.8) is 0 Å². The molecule has 1 amide bonds. The molecule has 1 aromatic carbocycles. The van der Waals surface area contributed by atoms with E-state index < -0.39 is 0 Å². The Bertz CT molecular complexity index is 456. The van der Waals surface area contributed by atoms with Crippen LogP contribution in [0.25, 0.3) is 0 Å². The Morgan fingerprint density at radius 1 is 1.24 bits per heavy atom. The van der Waals surface area contributed by atoms with Gasteiger partial charge in [-0.15, -0.1) is 0 Å². The highest BCUT2D eigenvalue weighted by atomic mass is 16.5. The average molecular weight is 289 g/mol. The largest absolute Gasteiger partial charge is 0.493 e. The third-order valence-electron chi connectivity index (χ3n) is 4.34. The maximum atomic E-state index is 12.4. The molecule has 2 heterocycles. The molecule has 2 unspecified atom stereocenters. The summed E-state index contributed by atoms with van der Waals surface area (Å²) in [7, 11) is 0. The van der Waals surface area contributed by atoms with Crippen molar-refractivity contribution in [3.05, 3.63) is 30.3 Å². The minimum absolute atomic E-state index is 0.198. The van der Waals surface area contributed by atoms with Crippen LogP contribution in [-0.2, 0) is 9.53 Å². The Labute approximate surface area is 126 Å². The van der Waals surface area contributed by atoms with E-state index in [1.807, 2.05) is 35.2 Å². The Morgan fingerprint density at radius 2 is 2.10 bits per heavy atom. The van der Waals surface area contributed by atoms with Crippen LogP contribution in [-0.4, -0.2) is 42.7 Å². The molecule has 2 aliphatic rings. The third-order valence-corrected chi connectivity index (χ3v) is 4.34. The topological polar surface area (TPSA) is 38.8 Å². The minimum Gasteiger partial charge on any atom is -0.493 e. The number of carbonyl (C=O) groups excluding carboxylic acids is 1. The fraction of sp³-hybridized carbons (Fsp3) is 0.588. The summed E-state index contributed by atoms with van der Waals surface area (Å²) in [4.78, 5) is 14.4. The van der Waals surface area contributed by atoms with Gasteiger partial charge < -0.3 is 14.4 Å². The first-order valence-electron chi connectivity index (χ1n) is 7.93. The second kappa shape index (κ2) is 6.94. The molecule has 0 saturated carbocycles. The number of hydrogen-bond donors (Lipinski definition) is 0. The number of para-hydroxylation sites is 1. The van der Waals surface area contributed by atoms with Crippen LogP contribution in [0.4, 0.5) is 0 Å². The molecule has 0 aliphatic carbocycles. The molecule has 0 bridgehead atoms. The summed E-state index contributed by atoms with van der Waals surface area (Å²) in [5.41, 5.74) is 0. The first-order chi connectivity index (χ1) is 10.3. The van der Waals surface area contributed by atoms with Gasteiger partial charge in [-0.2, -0.15) is 0 Å². The summed E-state index contributed by atoms with van der Waals surface area (Å²) in [5, 5.41) is 0. The van der Waals surface area contributed by atoms with E-state index in [2.05, 4.69) is 0 Å². The van der Waals surface area contributed by atoms with Gasteiger partial charge in [-0.1, -0.05) is 18.2 Å². The molecule has 4 heteroatoms. The molecule has 4 nitrogen and oxygen atoms in total. The molecule has 0 aromatic heterocycles. The molecule has 2 atom stereocenters. The summed E-state index contributed by atoms with van der Waals surface area (Å²) >= 11 is 0. The van der Waals surface area contributed by atoms with Crippen LogP contribution in [0, 0.1) is 0 Å². The van der Waals surface area contributed by atoms with Gasteiger partial charge in [0.25, 0.3) is 0 Å². The Balaban J connectivity index is 1.48. The smallest absolute Gasteiger partial charge is 0.226 e. The minimum atomic E-state index is 0.198. The zero-order valence-electron chi connectivity index (χ0n) is 12.4. The monoisotopic (exact) mass is 289 g/mol. The Morgan fingerprint density at radius 3 is 2.86 bits per heavy atom. The zero-order chi connectivity index (χ0) is 14.5. The number of amides is 1. The molecule has 2 aliphatic heterocycles. The van der Waals surface area contributed by atoms with Crippen molar-refractivity contribution in [2.75, 3.05) is 19.8 Å². The molecule has 2 saturated heterocycles. The van der Waals surface area contributed by atoms with Crippen LogP contribution in [0.1, 0.15) is 32.1 Å². The highest BCUT2D eigenvalue weighted by molar-refractivity contribution is 5.77. The molecular weight excluding hydrogens is 266 g/mol. The van der Waals surface area contributed by atoms with Gasteiger partial charge in [-0.3, -0.25) is 4.79 Å². The first kappa shape index (κ1) is 14.4. The second-order valence-electron chi connectivity index (χ2n) is 5.76. The van der Waals surface area contributed by atoms with Crippen molar-refractivity contribution in [2.45, 2.75) is 44.2 Å². The second-order valence-corrected chi connectivity index (χ2v) is 5.76. The number of benzene rings is 1. The lowest BCUT2D eigenvalue weighted by molar-refractivity contribution is -0.134. The number of nitrogens with zero attached hydrogens (tertiary/aromatic N) is 1. The van der Waals surface area contributed by atoms with Crippen molar-refractivity contribution in [2.24, 2.45) is 0 Å². The molecular formula is C17H23NO3. The van der Waals surface area contributed by atoms with Gasteiger partial charge in [0.15, 0.2) is 0 Å². The standard InChI is InChI=1S/C17H23NO3/c19-17(10-13-20-14-6-2-1-3-7-14)18-11-4-8-15(18)16-9-5-12-21-16/h1-3,6-7,15-16H,4-5,8-13H2. The first-order valence-corrected chi connectivity index (χ1v) is 7.93. The van der Waals surface area contributed by atoms with E-state index in [-0.39, 0.29) is 18.1 Å². The Kier molecular flexibility index (Phi) is 4.76. The van der Waals surface area contributed by atoms with Gasteiger partial charge in [0, 0.05) is 13.2 Å². The quantitative estimate of drug-likeness (QED) is 0.836. The van der Waals surface area contributed by atoms with E-state index in [0.717, 1.165) is 44.6 Å². The lowest BCUT2D eigenvalue weighted by atomic mass is 10.1. The van der Waals surface area contributed by atoms with Crippen molar-refractivity contribution in [1.29, 1.82) is 0 Å². The highest BCUT2D eigenvalue weighted by Gasteiger charge is 2.36. The molecule has 0 spiro atoms. The summed E-state index contributed by atoms with van der Waals surface area (Å²) in [6.07, 6.45) is 5.09. The predicted octanol–water partition coefficient (Wildman–Crippen LogP) is 2.63. The molecule has 2 fully saturated rings. The molecule has 3 rings (SSSR count). The van der Waals surface area contributed by atoms with Gasteiger partial charge in [0.2, 0.25) is 5.91 Å². The van der Waals surface area contributed by atoms with Crippen LogP contribution in [0.15, 0.2) is 30.3 Å². The van der Waals surface area contributed by atoms with Gasteiger partial charge in [-0.25, -0.2) is 0 Å². The predicted molar refractivity (Wildman–Crippen MR) is 80.3 cm³/mol. The van der Waals surface area contributed by atoms with Crippen LogP contribution < -0.4 is 4.74 Å². The summed E-state index contributed by atoms with van der Waals surface area (Å²) in [6, 6.07) is 9.94. The molecule has 0 N–H and O–H groups in total. The van der Waals surface area contributed by atoms with Gasteiger partial charge >= 0.3 is 0 Å². The number of ether oxygens (including phenoxy) is 2. The van der Waals surface area contributed by atoms with E-state index in [1.165, 1.54) is 0 Å². The number of likely N-dealkylation sites (tertiary alicyclic amines) is 1. The average Bonchev–Trinajstić information content (AvgIpc) is 3.19. The van der Waals surface area contributed by atoms with Gasteiger partial charge in [-0.05, 0) is 37.8 Å². The summed E-state index contributed by atoms with van der Waals surface area (Å²) < 4.78 is 11.4. The fourth-order valence-corrected chi connectivity index (χ4v) is 3.31. The summed E-state index contributed by atoms with van der Waals surface area (Å²) in [6.45, 7) is 2.16. The van der Waals surface area contributed by atoms with E-state index >= 15 is 0 Å². The number of carbonyl (C=O) groups is 1. The lowest BCUT2D eigenvalue weighted by Crippen LogP contribution is -2.42. The lowest BCUT2D eigenvalue weighted by Gasteiger charge is -2.29. The molecule has 0 radical (unpaired) electrons. The molecule has 114 valence electrons. The van der Waals surface area contributed by atoms with Gasteiger partial charge in [0.1, 0.15) is 5.75 Å². The Hall–Kier alpha value is -1.55. The van der Waals surface area contributed by atoms with Crippen LogP contribution in [0.3, 0.4) is 0 Å². The fourth-order valence-electron chi connectivity index (χ4n) is 3.31. The number of hydrogen-bond acceptors (Lipinski definition) is 3. The van der Waals surface area contributed by atoms with Crippen LogP contribution in [0.5, 0.6) is 5.75 Å². The van der Waals surface area contributed by atoms with E-state index in [4.69, 9.17) is 9.47 Å². The molecule has 1 aromatic rings. The number of rotatable bonds is 5. The van der Waals surface area contributed by atoms with Crippen LogP contribution in [0.2, 0.25) is 0 Å². The molecule has 21 heavy (non-hydrogen) atoms. The third kappa shape index (κ3) is 3.56. The maximum Gasteiger partial charge on any atom is 0.226 e. The normalized spacial score (nSPS) is 25.2. The van der Waals surface area contributed by atoms with E-state index in [1.54, 1.807) is 0 Å². The van der Waals surface area contributed by atoms with Crippen molar-refractivity contribution >= 4 is 5.91 Å². The van der Waals surface area contributed by atoms with Crippen LogP contribution >= 0.6 is 0 Å². The van der Waals surface area contributed by atoms with E-state index in [9.17, 15) is 4.79 Å².